The molecule has 9 heteroatoms. The largest absolute Gasteiger partial charge is 0.439 e. The van der Waals surface area contributed by atoms with Crippen molar-refractivity contribution in [1.29, 1.82) is 0 Å². The van der Waals surface area contributed by atoms with Crippen LogP contribution in [0.1, 0.15) is 24.4 Å². The van der Waals surface area contributed by atoms with E-state index in [2.05, 4.69) is 25.3 Å². The fourth-order valence-electron chi connectivity index (χ4n) is 2.81. The molecule has 9 nitrogen and oxygen atoms in total. The standard InChI is InChI=1S/C20H20N4O5/c25-11-5-10-16(13-6-2-1-3-7-13)22-19(27)18(26)21-15-9-4-8-14(12-15)17-23-20(28)29-24-17/h1-4,6-9,12,16,25H,5,10-11H2,(H,21,26)(H,22,27)(H,23,24,28)/t16-/m1/s1. The molecule has 1 aromatic heterocycles. The maximum atomic E-state index is 12.4. The Morgan fingerprint density at radius 2 is 1.90 bits per heavy atom. The van der Waals surface area contributed by atoms with E-state index in [-0.39, 0.29) is 12.4 Å². The first-order chi connectivity index (χ1) is 14.1. The summed E-state index contributed by atoms with van der Waals surface area (Å²) in [6.45, 7) is -0.0116. The van der Waals surface area contributed by atoms with E-state index in [0.717, 1.165) is 5.56 Å². The van der Waals surface area contributed by atoms with Crippen molar-refractivity contribution in [2.45, 2.75) is 18.9 Å². The number of nitrogens with one attached hydrogen (secondary N) is 3. The number of benzene rings is 2. The van der Waals surface area contributed by atoms with Gasteiger partial charge in [0.05, 0.1) is 6.04 Å². The number of carbonyl (C=O) groups excluding carboxylic acids is 2. The van der Waals surface area contributed by atoms with E-state index in [1.54, 1.807) is 24.3 Å². The van der Waals surface area contributed by atoms with Crippen LogP contribution < -0.4 is 16.4 Å². The van der Waals surface area contributed by atoms with Crippen LogP contribution in [0.15, 0.2) is 63.9 Å². The SMILES string of the molecule is O=C(Nc1cccc(-c2noc(=O)[nH]2)c1)C(=O)N[C@H](CCCO)c1ccccc1. The van der Waals surface area contributed by atoms with Gasteiger partial charge in [-0.1, -0.05) is 47.6 Å². The van der Waals surface area contributed by atoms with E-state index < -0.39 is 23.6 Å². The Bertz CT molecular complexity index is 1030. The predicted molar refractivity (Wildman–Crippen MR) is 105 cm³/mol. The Morgan fingerprint density at radius 3 is 2.59 bits per heavy atom. The number of hydrogen-bond acceptors (Lipinski definition) is 6. The molecule has 3 rings (SSSR count). The van der Waals surface area contributed by atoms with E-state index in [4.69, 9.17) is 5.11 Å². The molecule has 1 heterocycles. The Balaban J connectivity index is 1.68. The van der Waals surface area contributed by atoms with Crippen molar-refractivity contribution in [3.8, 4) is 11.4 Å². The van der Waals surface area contributed by atoms with E-state index in [1.807, 2.05) is 30.3 Å². The van der Waals surface area contributed by atoms with E-state index in [1.165, 1.54) is 0 Å². The van der Waals surface area contributed by atoms with Gasteiger partial charge in [0.2, 0.25) is 0 Å². The minimum Gasteiger partial charge on any atom is -0.396 e. The van der Waals surface area contributed by atoms with Gasteiger partial charge in [0.25, 0.3) is 0 Å². The van der Waals surface area contributed by atoms with E-state index >= 15 is 0 Å². The number of aromatic nitrogens is 2. The van der Waals surface area contributed by atoms with Crippen LogP contribution in [-0.4, -0.2) is 33.7 Å². The summed E-state index contributed by atoms with van der Waals surface area (Å²) in [4.78, 5) is 38.2. The molecule has 2 aromatic carbocycles. The summed E-state index contributed by atoms with van der Waals surface area (Å²) in [6.07, 6.45) is 0.980. The predicted octanol–water partition coefficient (Wildman–Crippen LogP) is 1.60. The van der Waals surface area contributed by atoms with Crippen LogP contribution >= 0.6 is 0 Å². The molecular formula is C20H20N4O5. The quantitative estimate of drug-likeness (QED) is 0.448. The number of hydrogen-bond donors (Lipinski definition) is 4. The average molecular weight is 396 g/mol. The third kappa shape index (κ3) is 5.39. The summed E-state index contributed by atoms with van der Waals surface area (Å²) in [7, 11) is 0. The highest BCUT2D eigenvalue weighted by atomic mass is 16.5. The van der Waals surface area contributed by atoms with Crippen LogP contribution in [0, 0.1) is 0 Å². The first-order valence-corrected chi connectivity index (χ1v) is 9.01. The fraction of sp³-hybridized carbons (Fsp3) is 0.200. The fourth-order valence-corrected chi connectivity index (χ4v) is 2.81. The summed E-state index contributed by atoms with van der Waals surface area (Å²) < 4.78 is 4.47. The molecule has 0 unspecified atom stereocenters. The first-order valence-electron chi connectivity index (χ1n) is 9.01. The smallest absolute Gasteiger partial charge is 0.396 e. The third-order valence-corrected chi connectivity index (χ3v) is 4.20. The maximum Gasteiger partial charge on any atom is 0.439 e. The monoisotopic (exact) mass is 396 g/mol. The lowest BCUT2D eigenvalue weighted by Gasteiger charge is -2.18. The second-order valence-electron chi connectivity index (χ2n) is 6.28. The molecule has 3 aromatic rings. The van der Waals surface area contributed by atoms with Gasteiger partial charge in [-0.05, 0) is 30.5 Å². The zero-order valence-electron chi connectivity index (χ0n) is 15.4. The maximum absolute atomic E-state index is 12.4. The summed E-state index contributed by atoms with van der Waals surface area (Å²) in [5.41, 5.74) is 1.72. The molecule has 2 amide bonds. The Morgan fingerprint density at radius 1 is 1.10 bits per heavy atom. The molecule has 0 aliphatic heterocycles. The minimum absolute atomic E-state index is 0.0116. The van der Waals surface area contributed by atoms with E-state index in [9.17, 15) is 14.4 Å². The molecule has 0 saturated carbocycles. The lowest BCUT2D eigenvalue weighted by atomic mass is 10.0. The molecule has 1 atom stereocenters. The number of amides is 2. The van der Waals surface area contributed by atoms with Crippen molar-refractivity contribution in [1.82, 2.24) is 15.5 Å². The van der Waals surface area contributed by atoms with Crippen LogP contribution in [0.5, 0.6) is 0 Å². The summed E-state index contributed by atoms with van der Waals surface area (Å²) in [5, 5.41) is 17.9. The normalized spacial score (nSPS) is 11.6. The van der Waals surface area contributed by atoms with Crippen LogP contribution in [-0.2, 0) is 9.59 Å². The van der Waals surface area contributed by atoms with Crippen LogP contribution in [0.4, 0.5) is 5.69 Å². The highest BCUT2D eigenvalue weighted by Crippen LogP contribution is 2.20. The van der Waals surface area contributed by atoms with Crippen molar-refractivity contribution in [3.63, 3.8) is 0 Å². The van der Waals surface area contributed by atoms with Gasteiger partial charge in [0, 0.05) is 17.9 Å². The average Bonchev–Trinajstić information content (AvgIpc) is 3.18. The minimum atomic E-state index is -0.833. The molecule has 0 spiro atoms. The van der Waals surface area contributed by atoms with Gasteiger partial charge in [-0.3, -0.25) is 19.1 Å². The molecule has 0 aliphatic rings. The molecular weight excluding hydrogens is 376 g/mol. The molecule has 0 bridgehead atoms. The molecule has 0 radical (unpaired) electrons. The third-order valence-electron chi connectivity index (χ3n) is 4.20. The second-order valence-corrected chi connectivity index (χ2v) is 6.28. The number of aliphatic hydroxyl groups excluding tert-OH is 1. The zero-order chi connectivity index (χ0) is 20.6. The number of anilines is 1. The number of aromatic amines is 1. The van der Waals surface area contributed by atoms with Crippen LogP contribution in [0.2, 0.25) is 0 Å². The molecule has 0 fully saturated rings. The topological polar surface area (TPSA) is 137 Å². The van der Waals surface area contributed by atoms with Crippen LogP contribution in [0.3, 0.4) is 0 Å². The molecule has 4 N–H and O–H groups in total. The Kier molecular flexibility index (Phi) is 6.54. The first kappa shape index (κ1) is 20.0. The van der Waals surface area contributed by atoms with Gasteiger partial charge in [-0.15, -0.1) is 0 Å². The molecule has 0 saturated heterocycles. The summed E-state index contributed by atoms with van der Waals surface area (Å²) >= 11 is 0. The Hall–Kier alpha value is -3.72. The highest BCUT2D eigenvalue weighted by Gasteiger charge is 2.20. The number of rotatable bonds is 7. The van der Waals surface area contributed by atoms with Crippen molar-refractivity contribution in [2.75, 3.05) is 11.9 Å². The van der Waals surface area contributed by atoms with Gasteiger partial charge < -0.3 is 15.7 Å². The number of carbonyl (C=O) groups is 2. The summed E-state index contributed by atoms with van der Waals surface area (Å²) in [5.74, 6) is -2.11. The van der Waals surface area contributed by atoms with Crippen molar-refractivity contribution < 1.29 is 19.2 Å². The Labute approximate surface area is 165 Å². The van der Waals surface area contributed by atoms with Crippen molar-refractivity contribution in [3.05, 3.63) is 70.7 Å². The van der Waals surface area contributed by atoms with Gasteiger partial charge in [0.1, 0.15) is 0 Å². The van der Waals surface area contributed by atoms with Crippen LogP contribution in [0.25, 0.3) is 11.4 Å². The number of aliphatic hydroxyl groups is 1. The zero-order valence-corrected chi connectivity index (χ0v) is 15.4. The molecule has 0 aliphatic carbocycles. The van der Waals surface area contributed by atoms with Gasteiger partial charge >= 0.3 is 17.6 Å². The van der Waals surface area contributed by atoms with Gasteiger partial charge in [0.15, 0.2) is 5.82 Å². The molecule has 29 heavy (non-hydrogen) atoms. The van der Waals surface area contributed by atoms with Crippen molar-refractivity contribution in [2.24, 2.45) is 0 Å². The van der Waals surface area contributed by atoms with Crippen molar-refractivity contribution >= 4 is 17.5 Å². The van der Waals surface area contributed by atoms with Gasteiger partial charge in [-0.2, -0.15) is 0 Å². The highest BCUT2D eigenvalue weighted by molar-refractivity contribution is 6.39. The lowest BCUT2D eigenvalue weighted by molar-refractivity contribution is -0.136. The lowest BCUT2D eigenvalue weighted by Crippen LogP contribution is -2.38. The second kappa shape index (κ2) is 9.47. The van der Waals surface area contributed by atoms with Gasteiger partial charge in [-0.25, -0.2) is 4.79 Å². The number of H-pyrrole nitrogens is 1. The van der Waals surface area contributed by atoms with E-state index in [0.29, 0.717) is 24.1 Å². The summed E-state index contributed by atoms with van der Waals surface area (Å²) in [6, 6.07) is 15.3. The number of nitrogens with zero attached hydrogens (tertiary/aromatic N) is 1. The molecule has 150 valence electrons.